The van der Waals surface area contributed by atoms with Crippen LogP contribution in [-0.4, -0.2) is 15.9 Å². The second-order valence-electron chi connectivity index (χ2n) is 4.22. The zero-order valence-corrected chi connectivity index (χ0v) is 9.45. The van der Waals surface area contributed by atoms with Crippen LogP contribution >= 0.6 is 34.8 Å². The average molecular weight is 244 g/mol. The second-order valence-corrected chi connectivity index (χ2v) is 6.59. The standard InChI is InChI=1S/C8H9Cl3O2/c1-7(2)3-4(7)6(12)13-5(3)8(9,10)11/h3-5H,1-2H3. The molecule has 74 valence electrons. The molecule has 3 atom stereocenters. The minimum Gasteiger partial charge on any atom is -0.457 e. The van der Waals surface area contributed by atoms with Crippen molar-refractivity contribution in [2.45, 2.75) is 23.7 Å². The Morgan fingerprint density at radius 2 is 1.92 bits per heavy atom. The van der Waals surface area contributed by atoms with Crippen molar-refractivity contribution in [3.63, 3.8) is 0 Å². The van der Waals surface area contributed by atoms with Gasteiger partial charge in [-0.3, -0.25) is 4.79 Å². The number of halogens is 3. The summed E-state index contributed by atoms with van der Waals surface area (Å²) in [5.74, 6) is -0.244. The van der Waals surface area contributed by atoms with Crippen LogP contribution in [0.2, 0.25) is 0 Å². The van der Waals surface area contributed by atoms with E-state index in [0.29, 0.717) is 0 Å². The highest BCUT2D eigenvalue weighted by Gasteiger charge is 2.74. The molecule has 0 aromatic rings. The van der Waals surface area contributed by atoms with E-state index in [1.54, 1.807) is 0 Å². The van der Waals surface area contributed by atoms with Gasteiger partial charge in [0, 0.05) is 5.92 Å². The van der Waals surface area contributed by atoms with Gasteiger partial charge in [-0.05, 0) is 5.41 Å². The molecule has 2 aliphatic rings. The third kappa shape index (κ3) is 1.26. The van der Waals surface area contributed by atoms with Crippen molar-refractivity contribution in [3.8, 4) is 0 Å². The minimum atomic E-state index is -1.50. The summed E-state index contributed by atoms with van der Waals surface area (Å²) in [7, 11) is 0. The number of alkyl halides is 3. The number of esters is 1. The molecule has 0 amide bonds. The van der Waals surface area contributed by atoms with Gasteiger partial charge in [-0.1, -0.05) is 48.7 Å². The van der Waals surface area contributed by atoms with E-state index >= 15 is 0 Å². The summed E-state index contributed by atoms with van der Waals surface area (Å²) in [6.07, 6.45) is -0.579. The molecule has 0 bridgehead atoms. The second kappa shape index (κ2) is 2.47. The van der Waals surface area contributed by atoms with E-state index in [2.05, 4.69) is 0 Å². The number of carbonyl (C=O) groups excluding carboxylic acids is 1. The number of cyclic esters (lactones) is 1. The van der Waals surface area contributed by atoms with Gasteiger partial charge in [-0.2, -0.15) is 0 Å². The highest BCUT2D eigenvalue weighted by molar-refractivity contribution is 6.68. The predicted molar refractivity (Wildman–Crippen MR) is 50.9 cm³/mol. The Hall–Kier alpha value is 0.340. The summed E-state index contributed by atoms with van der Waals surface area (Å²) in [6.45, 7) is 3.98. The molecule has 1 aliphatic carbocycles. The highest BCUT2D eigenvalue weighted by atomic mass is 35.6. The van der Waals surface area contributed by atoms with E-state index in [1.165, 1.54) is 0 Å². The minimum absolute atomic E-state index is 0.0625. The van der Waals surface area contributed by atoms with E-state index < -0.39 is 9.90 Å². The van der Waals surface area contributed by atoms with E-state index in [9.17, 15) is 4.79 Å². The zero-order chi connectivity index (χ0) is 10.0. The topological polar surface area (TPSA) is 26.3 Å². The molecule has 0 aromatic heterocycles. The van der Waals surface area contributed by atoms with Gasteiger partial charge in [0.25, 0.3) is 0 Å². The molecule has 3 unspecified atom stereocenters. The SMILES string of the molecule is CC1(C)C2C(=O)OC(C(Cl)(Cl)Cl)C21. The summed E-state index contributed by atoms with van der Waals surface area (Å²) < 4.78 is 3.49. The van der Waals surface area contributed by atoms with Crippen LogP contribution in [0.3, 0.4) is 0 Å². The largest absolute Gasteiger partial charge is 0.457 e. The van der Waals surface area contributed by atoms with Crippen molar-refractivity contribution in [3.05, 3.63) is 0 Å². The molecule has 2 fully saturated rings. The average Bonchev–Trinajstić information content (AvgIpc) is 2.35. The zero-order valence-electron chi connectivity index (χ0n) is 7.18. The summed E-state index contributed by atoms with van der Waals surface area (Å²) in [5.41, 5.74) is -0.0656. The summed E-state index contributed by atoms with van der Waals surface area (Å²) in [6, 6.07) is 0. The number of fused-ring (bicyclic) bond motifs is 1. The van der Waals surface area contributed by atoms with Gasteiger partial charge in [0.2, 0.25) is 3.79 Å². The quantitative estimate of drug-likeness (QED) is 0.483. The van der Waals surface area contributed by atoms with Gasteiger partial charge >= 0.3 is 5.97 Å². The molecule has 1 aliphatic heterocycles. The Morgan fingerprint density at radius 1 is 1.38 bits per heavy atom. The molecule has 0 N–H and O–H groups in total. The molecule has 2 rings (SSSR count). The molecule has 0 aromatic carbocycles. The maximum absolute atomic E-state index is 11.3. The molecule has 1 saturated heterocycles. The Morgan fingerprint density at radius 3 is 2.15 bits per heavy atom. The van der Waals surface area contributed by atoms with Gasteiger partial charge in [-0.25, -0.2) is 0 Å². The Labute approximate surface area is 91.5 Å². The Bertz CT molecular complexity index is 269. The highest BCUT2D eigenvalue weighted by Crippen LogP contribution is 2.67. The van der Waals surface area contributed by atoms with E-state index in [-0.39, 0.29) is 23.2 Å². The fraction of sp³-hybridized carbons (Fsp3) is 0.875. The lowest BCUT2D eigenvalue weighted by atomic mass is 10.1. The van der Waals surface area contributed by atoms with Gasteiger partial charge in [0.15, 0.2) is 6.10 Å². The number of hydrogen-bond donors (Lipinski definition) is 0. The van der Waals surface area contributed by atoms with Crippen molar-refractivity contribution in [2.75, 3.05) is 0 Å². The summed E-state index contributed by atoms with van der Waals surface area (Å²) in [5, 5.41) is 0. The molecule has 0 spiro atoms. The third-order valence-electron chi connectivity index (χ3n) is 3.06. The van der Waals surface area contributed by atoms with Crippen LogP contribution in [0.15, 0.2) is 0 Å². The first kappa shape index (κ1) is 9.88. The van der Waals surface area contributed by atoms with Crippen LogP contribution in [0.4, 0.5) is 0 Å². The molecular formula is C8H9Cl3O2. The van der Waals surface area contributed by atoms with Gasteiger partial charge < -0.3 is 4.74 Å². The van der Waals surface area contributed by atoms with Crippen LogP contribution in [-0.2, 0) is 9.53 Å². The van der Waals surface area contributed by atoms with Gasteiger partial charge in [-0.15, -0.1) is 0 Å². The fourth-order valence-corrected chi connectivity index (χ4v) is 2.78. The van der Waals surface area contributed by atoms with Crippen LogP contribution < -0.4 is 0 Å². The fourth-order valence-electron chi connectivity index (χ4n) is 2.24. The van der Waals surface area contributed by atoms with Crippen molar-refractivity contribution in [1.29, 1.82) is 0 Å². The first-order valence-electron chi connectivity index (χ1n) is 4.03. The van der Waals surface area contributed by atoms with Crippen molar-refractivity contribution < 1.29 is 9.53 Å². The molecule has 2 nitrogen and oxygen atoms in total. The van der Waals surface area contributed by atoms with Crippen molar-refractivity contribution in [1.82, 2.24) is 0 Å². The van der Waals surface area contributed by atoms with Crippen molar-refractivity contribution >= 4 is 40.8 Å². The smallest absolute Gasteiger partial charge is 0.310 e. The molecular weight excluding hydrogens is 234 g/mol. The lowest BCUT2D eigenvalue weighted by molar-refractivity contribution is -0.147. The van der Waals surface area contributed by atoms with Gasteiger partial charge in [0.05, 0.1) is 5.92 Å². The molecule has 0 radical (unpaired) electrons. The number of rotatable bonds is 0. The van der Waals surface area contributed by atoms with Crippen LogP contribution in [0.5, 0.6) is 0 Å². The number of hydrogen-bond acceptors (Lipinski definition) is 2. The monoisotopic (exact) mass is 242 g/mol. The maximum atomic E-state index is 11.3. The lowest BCUT2D eigenvalue weighted by Crippen LogP contribution is -2.32. The normalized spacial score (nSPS) is 41.3. The lowest BCUT2D eigenvalue weighted by Gasteiger charge is -2.23. The first-order chi connectivity index (χ1) is 5.76. The van der Waals surface area contributed by atoms with Crippen LogP contribution in [0.1, 0.15) is 13.8 Å². The van der Waals surface area contributed by atoms with E-state index in [1.807, 2.05) is 13.8 Å². The molecule has 5 heteroatoms. The Kier molecular flexibility index (Phi) is 1.88. The summed E-state index contributed by atoms with van der Waals surface area (Å²) >= 11 is 17.1. The van der Waals surface area contributed by atoms with Gasteiger partial charge in [0.1, 0.15) is 0 Å². The number of carbonyl (C=O) groups is 1. The van der Waals surface area contributed by atoms with Crippen LogP contribution in [0.25, 0.3) is 0 Å². The first-order valence-corrected chi connectivity index (χ1v) is 5.17. The molecule has 13 heavy (non-hydrogen) atoms. The summed E-state index contributed by atoms with van der Waals surface area (Å²) in [4.78, 5) is 11.3. The maximum Gasteiger partial charge on any atom is 0.310 e. The molecule has 1 saturated carbocycles. The van der Waals surface area contributed by atoms with E-state index in [0.717, 1.165) is 0 Å². The van der Waals surface area contributed by atoms with Crippen LogP contribution in [0, 0.1) is 17.3 Å². The molecule has 1 heterocycles. The number of ether oxygens (including phenoxy) is 1. The Balaban J connectivity index is 2.24. The van der Waals surface area contributed by atoms with E-state index in [4.69, 9.17) is 39.5 Å². The van der Waals surface area contributed by atoms with Crippen molar-refractivity contribution in [2.24, 2.45) is 17.3 Å². The predicted octanol–water partition coefficient (Wildman–Crippen LogP) is 2.55. The third-order valence-corrected chi connectivity index (χ3v) is 3.70.